The van der Waals surface area contributed by atoms with Crippen LogP contribution in [0.1, 0.15) is 38.1 Å². The van der Waals surface area contributed by atoms with Crippen LogP contribution in [0.25, 0.3) is 11.4 Å². The highest BCUT2D eigenvalue weighted by molar-refractivity contribution is 9.10. The van der Waals surface area contributed by atoms with Gasteiger partial charge in [-0.15, -0.1) is 0 Å². The maximum atomic E-state index is 12.7. The number of rotatable bonds is 8. The Labute approximate surface area is 202 Å². The highest BCUT2D eigenvalue weighted by Crippen LogP contribution is 2.23. The monoisotopic (exact) mass is 512 g/mol. The summed E-state index contributed by atoms with van der Waals surface area (Å²) in [7, 11) is 0. The molecule has 1 aliphatic heterocycles. The number of likely N-dealkylation sites (tertiary alicyclic amines) is 1. The minimum absolute atomic E-state index is 0.0243. The van der Waals surface area contributed by atoms with Crippen LogP contribution in [0.2, 0.25) is 0 Å². The normalized spacial score (nSPS) is 15.0. The van der Waals surface area contributed by atoms with Gasteiger partial charge in [0.05, 0.1) is 12.6 Å². The van der Waals surface area contributed by atoms with Gasteiger partial charge in [-0.05, 0) is 69.6 Å². The predicted molar refractivity (Wildman–Crippen MR) is 129 cm³/mol. The van der Waals surface area contributed by atoms with E-state index in [0.29, 0.717) is 24.8 Å². The predicted octanol–water partition coefficient (Wildman–Crippen LogP) is 4.81. The van der Waals surface area contributed by atoms with Gasteiger partial charge < -0.3 is 14.6 Å². The molecule has 1 aromatic heterocycles. The Kier molecular flexibility index (Phi) is 7.77. The lowest BCUT2D eigenvalue weighted by atomic mass is 9.96. The van der Waals surface area contributed by atoms with E-state index in [0.717, 1.165) is 47.3 Å². The molecule has 1 amide bonds. The highest BCUT2D eigenvalue weighted by atomic mass is 79.9. The molecule has 8 heteroatoms. The summed E-state index contributed by atoms with van der Waals surface area (Å²) in [5, 5.41) is 7.19. The number of hydrogen-bond donors (Lipinski definition) is 1. The van der Waals surface area contributed by atoms with Crippen molar-refractivity contribution in [3.8, 4) is 17.1 Å². The van der Waals surface area contributed by atoms with Crippen molar-refractivity contribution in [1.29, 1.82) is 0 Å². The number of amides is 1. The lowest BCUT2D eigenvalue weighted by Gasteiger charge is -2.30. The van der Waals surface area contributed by atoms with Crippen molar-refractivity contribution >= 4 is 21.8 Å². The number of halogens is 1. The average molecular weight is 513 g/mol. The van der Waals surface area contributed by atoms with Crippen LogP contribution in [0, 0.1) is 5.92 Å². The number of ether oxygens (including phenoxy) is 1. The molecule has 1 N–H and O–H groups in total. The molecule has 0 radical (unpaired) electrons. The van der Waals surface area contributed by atoms with Crippen LogP contribution in [-0.4, -0.2) is 40.1 Å². The second-order valence-electron chi connectivity index (χ2n) is 8.60. The third-order valence-electron chi connectivity index (χ3n) is 5.61. The Balaban J connectivity index is 1.23. The Morgan fingerprint density at radius 1 is 1.21 bits per heavy atom. The van der Waals surface area contributed by atoms with Gasteiger partial charge in [-0.2, -0.15) is 4.98 Å². The second-order valence-corrected chi connectivity index (χ2v) is 9.52. The molecule has 4 rings (SSSR count). The van der Waals surface area contributed by atoms with Crippen LogP contribution < -0.4 is 10.1 Å². The molecule has 2 heterocycles. The van der Waals surface area contributed by atoms with E-state index in [2.05, 4.69) is 36.3 Å². The van der Waals surface area contributed by atoms with Crippen LogP contribution >= 0.6 is 15.9 Å². The number of nitrogens with zero attached hydrogens (tertiary/aromatic N) is 3. The van der Waals surface area contributed by atoms with Crippen molar-refractivity contribution in [2.24, 2.45) is 5.92 Å². The minimum Gasteiger partial charge on any atom is -0.491 e. The number of hydrogen-bond acceptors (Lipinski definition) is 6. The van der Waals surface area contributed by atoms with Crippen molar-refractivity contribution in [1.82, 2.24) is 20.4 Å². The van der Waals surface area contributed by atoms with E-state index in [1.165, 1.54) is 0 Å². The minimum atomic E-state index is 0.0243. The fourth-order valence-electron chi connectivity index (χ4n) is 3.94. The molecule has 3 aromatic rings. The zero-order valence-electron chi connectivity index (χ0n) is 19.0. The molecule has 0 spiro atoms. The molecule has 0 bridgehead atoms. The van der Waals surface area contributed by atoms with Crippen molar-refractivity contribution in [2.75, 3.05) is 13.1 Å². The van der Waals surface area contributed by atoms with Gasteiger partial charge in [0.2, 0.25) is 17.6 Å². The van der Waals surface area contributed by atoms with Gasteiger partial charge in [0, 0.05) is 22.5 Å². The zero-order chi connectivity index (χ0) is 23.2. The molecule has 174 valence electrons. The molecular formula is C25H29BrN4O3. The Bertz CT molecular complexity index is 1080. The first-order valence-corrected chi connectivity index (χ1v) is 12.1. The number of piperidine rings is 1. The number of carbonyl (C=O) groups is 1. The fourth-order valence-corrected chi connectivity index (χ4v) is 4.34. The largest absolute Gasteiger partial charge is 0.491 e. The van der Waals surface area contributed by atoms with E-state index >= 15 is 0 Å². The van der Waals surface area contributed by atoms with E-state index in [4.69, 9.17) is 9.26 Å². The number of nitrogens with one attached hydrogen (secondary N) is 1. The fraction of sp³-hybridized carbons (Fsp3) is 0.400. The Hall–Kier alpha value is -2.71. The molecule has 33 heavy (non-hydrogen) atoms. The van der Waals surface area contributed by atoms with E-state index < -0.39 is 0 Å². The summed E-state index contributed by atoms with van der Waals surface area (Å²) in [6, 6.07) is 15.7. The summed E-state index contributed by atoms with van der Waals surface area (Å²) in [5.74, 6) is 2.14. The quantitative estimate of drug-likeness (QED) is 0.466. The molecular weight excluding hydrogens is 484 g/mol. The van der Waals surface area contributed by atoms with E-state index in [1.807, 2.05) is 62.4 Å². The highest BCUT2D eigenvalue weighted by Gasteiger charge is 2.26. The molecule has 0 unspecified atom stereocenters. The third-order valence-corrected chi connectivity index (χ3v) is 6.10. The van der Waals surface area contributed by atoms with Crippen LogP contribution in [0.4, 0.5) is 0 Å². The zero-order valence-corrected chi connectivity index (χ0v) is 20.5. The molecule has 1 fully saturated rings. The molecule has 0 saturated carbocycles. The van der Waals surface area contributed by atoms with Gasteiger partial charge in [-0.3, -0.25) is 9.69 Å². The molecule has 1 saturated heterocycles. The van der Waals surface area contributed by atoms with Gasteiger partial charge in [-0.1, -0.05) is 45.4 Å². The molecule has 2 aromatic carbocycles. The van der Waals surface area contributed by atoms with E-state index in [1.54, 1.807) is 0 Å². The van der Waals surface area contributed by atoms with Crippen molar-refractivity contribution in [3.05, 3.63) is 64.5 Å². The number of carbonyl (C=O) groups excluding carboxylic acids is 1. The molecule has 0 aliphatic carbocycles. The summed E-state index contributed by atoms with van der Waals surface area (Å²) in [5.41, 5.74) is 1.95. The Morgan fingerprint density at radius 3 is 2.76 bits per heavy atom. The molecule has 7 nitrogen and oxygen atoms in total. The summed E-state index contributed by atoms with van der Waals surface area (Å²) in [4.78, 5) is 19.5. The van der Waals surface area contributed by atoms with Gasteiger partial charge in [0.1, 0.15) is 5.75 Å². The van der Waals surface area contributed by atoms with Crippen LogP contribution in [0.15, 0.2) is 57.5 Å². The summed E-state index contributed by atoms with van der Waals surface area (Å²) >= 11 is 3.47. The number of aromatic nitrogens is 2. The second kappa shape index (κ2) is 10.9. The van der Waals surface area contributed by atoms with Crippen molar-refractivity contribution in [2.45, 2.75) is 45.9 Å². The first-order valence-electron chi connectivity index (χ1n) is 11.3. The third kappa shape index (κ3) is 6.65. The Morgan fingerprint density at radius 2 is 2.00 bits per heavy atom. The van der Waals surface area contributed by atoms with Crippen molar-refractivity contribution in [3.63, 3.8) is 0 Å². The smallest absolute Gasteiger partial charge is 0.241 e. The molecule has 0 atom stereocenters. The lowest BCUT2D eigenvalue weighted by molar-refractivity contribution is -0.126. The van der Waals surface area contributed by atoms with Crippen LogP contribution in [0.3, 0.4) is 0 Å². The van der Waals surface area contributed by atoms with Gasteiger partial charge in [-0.25, -0.2) is 0 Å². The van der Waals surface area contributed by atoms with Gasteiger partial charge in [0.25, 0.3) is 0 Å². The van der Waals surface area contributed by atoms with Crippen LogP contribution in [-0.2, 0) is 17.9 Å². The van der Waals surface area contributed by atoms with Crippen molar-refractivity contribution < 1.29 is 14.1 Å². The maximum Gasteiger partial charge on any atom is 0.241 e. The SMILES string of the molecule is CC(C)Oc1cccc(CNC(=O)C2CCN(Cc3nc(-c4cccc(Br)c4)no3)CC2)c1. The first-order chi connectivity index (χ1) is 16.0. The maximum absolute atomic E-state index is 12.7. The van der Waals surface area contributed by atoms with Gasteiger partial charge >= 0.3 is 0 Å². The topological polar surface area (TPSA) is 80.5 Å². The average Bonchev–Trinajstić information content (AvgIpc) is 3.26. The summed E-state index contributed by atoms with van der Waals surface area (Å²) in [6.45, 7) is 6.75. The summed E-state index contributed by atoms with van der Waals surface area (Å²) < 4.78 is 12.2. The first kappa shape index (κ1) is 23.4. The van der Waals surface area contributed by atoms with Crippen LogP contribution in [0.5, 0.6) is 5.75 Å². The van der Waals surface area contributed by atoms with E-state index in [-0.39, 0.29) is 17.9 Å². The number of benzene rings is 2. The molecule has 1 aliphatic rings. The standard InChI is InChI=1S/C25H29BrN4O3/c1-17(2)32-22-8-3-5-18(13-22)15-27-25(31)19-9-11-30(12-10-19)16-23-28-24(29-33-23)20-6-4-7-21(26)14-20/h3-8,13-14,17,19H,9-12,15-16H2,1-2H3,(H,27,31). The van der Waals surface area contributed by atoms with E-state index in [9.17, 15) is 4.79 Å². The lowest BCUT2D eigenvalue weighted by Crippen LogP contribution is -2.40. The summed E-state index contributed by atoms with van der Waals surface area (Å²) in [6.07, 6.45) is 1.75. The van der Waals surface area contributed by atoms with Gasteiger partial charge in [0.15, 0.2) is 0 Å².